The fourth-order valence-electron chi connectivity index (χ4n) is 10.4. The predicted molar refractivity (Wildman–Crippen MR) is 333 cm³/mol. The van der Waals surface area contributed by atoms with Gasteiger partial charge in [-0.15, -0.1) is 0 Å². The van der Waals surface area contributed by atoms with Gasteiger partial charge in [-0.25, -0.2) is 0 Å². The summed E-state index contributed by atoms with van der Waals surface area (Å²) >= 11 is 0. The zero-order valence-electron chi connectivity index (χ0n) is 50.4. The molecule has 75 heavy (non-hydrogen) atoms. The molecule has 5 nitrogen and oxygen atoms in total. The van der Waals surface area contributed by atoms with Crippen LogP contribution in [-0.2, 0) is 4.79 Å². The van der Waals surface area contributed by atoms with Crippen LogP contribution in [0.15, 0.2) is 60.8 Å². The average molecular weight is 1050 g/mol. The highest BCUT2D eigenvalue weighted by Crippen LogP contribution is 2.18. The number of aliphatic hydroxyl groups is 3. The predicted octanol–water partition coefficient (Wildman–Crippen LogP) is 21.7. The lowest BCUT2D eigenvalue weighted by Gasteiger charge is -2.21. The molecule has 0 aliphatic rings. The summed E-state index contributed by atoms with van der Waals surface area (Å²) in [5.41, 5.74) is 0. The van der Waals surface area contributed by atoms with Crippen LogP contribution in [0.3, 0.4) is 0 Å². The topological polar surface area (TPSA) is 89.8 Å². The lowest BCUT2D eigenvalue weighted by molar-refractivity contribution is -0.131. The van der Waals surface area contributed by atoms with Crippen molar-refractivity contribution in [3.63, 3.8) is 0 Å². The second-order valence-electron chi connectivity index (χ2n) is 23.0. The molecular weight excluding hydrogens is 919 g/mol. The number of carbonyl (C=O) groups excluding carboxylic acids is 1. The third kappa shape index (κ3) is 59.6. The lowest BCUT2D eigenvalue weighted by Crippen LogP contribution is -2.48. The van der Waals surface area contributed by atoms with Crippen LogP contribution in [0.4, 0.5) is 0 Å². The van der Waals surface area contributed by atoms with E-state index in [1.807, 2.05) is 6.08 Å². The van der Waals surface area contributed by atoms with Gasteiger partial charge in [0, 0.05) is 0 Å². The maximum absolute atomic E-state index is 12.6. The summed E-state index contributed by atoms with van der Waals surface area (Å²) in [6.07, 6.45) is 89.2. The van der Waals surface area contributed by atoms with Crippen molar-refractivity contribution in [1.82, 2.24) is 5.32 Å². The number of amides is 1. The van der Waals surface area contributed by atoms with E-state index in [0.717, 1.165) is 51.4 Å². The Morgan fingerprint density at radius 2 is 0.587 bits per heavy atom. The van der Waals surface area contributed by atoms with Crippen molar-refractivity contribution in [3.8, 4) is 0 Å². The SMILES string of the molecule is CCCCCCCCCCCCCCC/C=C\C/C=C\CCCCCCCCCCCCCCCCCCC(O)C(=O)NC(CO)C(O)/C=C/CC/C=C/CC/C=C/CCCCCCCCCCCCCCCCC. The Morgan fingerprint density at radius 1 is 0.333 bits per heavy atom. The van der Waals surface area contributed by atoms with Gasteiger partial charge in [-0.3, -0.25) is 4.79 Å². The van der Waals surface area contributed by atoms with Crippen molar-refractivity contribution in [3.05, 3.63) is 60.8 Å². The smallest absolute Gasteiger partial charge is 0.249 e. The minimum absolute atomic E-state index is 0.381. The van der Waals surface area contributed by atoms with Crippen molar-refractivity contribution < 1.29 is 20.1 Å². The highest BCUT2D eigenvalue weighted by Gasteiger charge is 2.22. The van der Waals surface area contributed by atoms with Crippen LogP contribution in [0, 0.1) is 0 Å². The molecule has 3 unspecified atom stereocenters. The molecule has 0 aliphatic carbocycles. The van der Waals surface area contributed by atoms with Crippen LogP contribution >= 0.6 is 0 Å². The van der Waals surface area contributed by atoms with Gasteiger partial charge in [0.25, 0.3) is 0 Å². The maximum atomic E-state index is 12.6. The number of nitrogens with one attached hydrogen (secondary N) is 1. The molecule has 1 amide bonds. The number of carbonyl (C=O) groups is 1. The third-order valence-electron chi connectivity index (χ3n) is 15.6. The number of rotatable bonds is 62. The van der Waals surface area contributed by atoms with Gasteiger partial charge in [-0.2, -0.15) is 0 Å². The average Bonchev–Trinajstić information content (AvgIpc) is 3.41. The summed E-state index contributed by atoms with van der Waals surface area (Å²) in [7, 11) is 0. The van der Waals surface area contributed by atoms with Gasteiger partial charge in [0.1, 0.15) is 6.10 Å². The standard InChI is InChI=1S/C70H131NO4/c1-3-5-7-9-11-13-15-17-19-21-23-25-27-29-30-31-32-33-34-35-36-37-38-39-41-43-45-47-49-51-53-55-57-59-61-63-65-69(74)70(75)71-67(66-72)68(73)64-62-60-58-56-54-52-50-48-46-44-42-40-28-26-24-22-20-18-16-14-12-10-8-6-4-2/h30-31,33-34,46,48,54,56,62,64,67-69,72-74H,3-29,32,35-45,47,49-53,55,57-61,63,65-66H2,1-2H3,(H,71,75)/b31-30-,34-33-,48-46+,56-54+,64-62+. The molecule has 3 atom stereocenters. The van der Waals surface area contributed by atoms with E-state index in [-0.39, 0.29) is 6.61 Å². The molecule has 0 saturated carbocycles. The fraction of sp³-hybridized carbons (Fsp3) is 0.843. The molecule has 0 bridgehead atoms. The van der Waals surface area contributed by atoms with Crippen molar-refractivity contribution in [2.75, 3.05) is 6.61 Å². The molecule has 4 N–H and O–H groups in total. The Bertz CT molecular complexity index is 1250. The van der Waals surface area contributed by atoms with E-state index >= 15 is 0 Å². The van der Waals surface area contributed by atoms with Gasteiger partial charge in [0.2, 0.25) is 5.91 Å². The first kappa shape index (κ1) is 73.0. The largest absolute Gasteiger partial charge is 0.394 e. The zero-order valence-corrected chi connectivity index (χ0v) is 50.4. The van der Waals surface area contributed by atoms with Gasteiger partial charge in [-0.1, -0.05) is 338 Å². The summed E-state index contributed by atoms with van der Waals surface area (Å²) in [6, 6.07) is -0.825. The van der Waals surface area contributed by atoms with Gasteiger partial charge >= 0.3 is 0 Å². The molecular formula is C70H131NO4. The Hall–Kier alpha value is -1.95. The quantitative estimate of drug-likeness (QED) is 0.0361. The van der Waals surface area contributed by atoms with Crippen molar-refractivity contribution in [1.29, 1.82) is 0 Å². The Morgan fingerprint density at radius 3 is 0.893 bits per heavy atom. The van der Waals surface area contributed by atoms with Crippen LogP contribution in [0.1, 0.15) is 354 Å². The lowest BCUT2D eigenvalue weighted by atomic mass is 10.0. The van der Waals surface area contributed by atoms with E-state index in [4.69, 9.17) is 0 Å². The van der Waals surface area contributed by atoms with Gasteiger partial charge in [-0.05, 0) is 77.0 Å². The van der Waals surface area contributed by atoms with E-state index < -0.39 is 24.2 Å². The van der Waals surface area contributed by atoms with Gasteiger partial charge < -0.3 is 20.6 Å². The number of aliphatic hydroxyl groups excluding tert-OH is 3. The highest BCUT2D eigenvalue weighted by atomic mass is 16.3. The summed E-state index contributed by atoms with van der Waals surface area (Å²) < 4.78 is 0. The van der Waals surface area contributed by atoms with Gasteiger partial charge in [0.15, 0.2) is 0 Å². The first-order valence-corrected chi connectivity index (χ1v) is 33.6. The Labute approximate surface area is 469 Å². The summed E-state index contributed by atoms with van der Waals surface area (Å²) in [5.74, 6) is -0.513. The van der Waals surface area contributed by atoms with Gasteiger partial charge in [0.05, 0.1) is 18.8 Å². The molecule has 0 heterocycles. The van der Waals surface area contributed by atoms with E-state index in [2.05, 4.69) is 67.8 Å². The molecule has 0 aromatic rings. The van der Waals surface area contributed by atoms with E-state index in [1.54, 1.807) is 6.08 Å². The number of allylic oxidation sites excluding steroid dienone is 9. The summed E-state index contributed by atoms with van der Waals surface area (Å²) in [4.78, 5) is 12.6. The zero-order chi connectivity index (χ0) is 54.3. The second-order valence-corrected chi connectivity index (χ2v) is 23.0. The summed E-state index contributed by atoms with van der Waals surface area (Å²) in [5, 5.41) is 33.5. The molecule has 5 heteroatoms. The first-order chi connectivity index (χ1) is 37.1. The first-order valence-electron chi connectivity index (χ1n) is 33.6. The monoisotopic (exact) mass is 1050 g/mol. The molecule has 0 aliphatic heterocycles. The maximum Gasteiger partial charge on any atom is 0.249 e. The normalized spacial score (nSPS) is 13.5. The number of hydrogen-bond donors (Lipinski definition) is 4. The Balaban J connectivity index is 3.56. The molecule has 0 rings (SSSR count). The van der Waals surface area contributed by atoms with Crippen LogP contribution in [0.2, 0.25) is 0 Å². The molecule has 440 valence electrons. The van der Waals surface area contributed by atoms with Crippen LogP contribution in [0.25, 0.3) is 0 Å². The van der Waals surface area contributed by atoms with Crippen LogP contribution in [-0.4, -0.2) is 46.1 Å². The van der Waals surface area contributed by atoms with Crippen molar-refractivity contribution >= 4 is 5.91 Å². The second kappa shape index (κ2) is 64.6. The van der Waals surface area contributed by atoms with Crippen molar-refractivity contribution in [2.24, 2.45) is 0 Å². The summed E-state index contributed by atoms with van der Waals surface area (Å²) in [6.45, 7) is 4.21. The molecule has 0 radical (unpaired) electrons. The molecule has 0 aromatic carbocycles. The minimum atomic E-state index is -1.11. The van der Waals surface area contributed by atoms with E-state index in [9.17, 15) is 20.1 Å². The van der Waals surface area contributed by atoms with Crippen LogP contribution < -0.4 is 5.32 Å². The highest BCUT2D eigenvalue weighted by molar-refractivity contribution is 5.80. The molecule has 0 spiro atoms. The van der Waals surface area contributed by atoms with Crippen molar-refractivity contribution in [2.45, 2.75) is 372 Å². The van der Waals surface area contributed by atoms with E-state index in [0.29, 0.717) is 6.42 Å². The molecule has 0 fully saturated rings. The number of unbranched alkanes of at least 4 members (excludes halogenated alkanes) is 46. The number of hydrogen-bond acceptors (Lipinski definition) is 4. The van der Waals surface area contributed by atoms with Crippen LogP contribution in [0.5, 0.6) is 0 Å². The Kier molecular flexibility index (Phi) is 62.9. The van der Waals surface area contributed by atoms with E-state index in [1.165, 1.54) is 283 Å². The fourth-order valence-corrected chi connectivity index (χ4v) is 10.4. The molecule has 0 saturated heterocycles. The molecule has 0 aromatic heterocycles. The minimum Gasteiger partial charge on any atom is -0.394 e. The third-order valence-corrected chi connectivity index (χ3v) is 15.6.